The zero-order chi connectivity index (χ0) is 12.4. The van der Waals surface area contributed by atoms with Crippen LogP contribution in [0.4, 0.5) is 4.39 Å². The first-order chi connectivity index (χ1) is 8.13. The molecular weight excluding hydrogens is 239 g/mol. The van der Waals surface area contributed by atoms with E-state index in [4.69, 9.17) is 16.9 Å². The van der Waals surface area contributed by atoms with Gasteiger partial charge in [-0.25, -0.2) is 9.37 Å². The second-order valence-electron chi connectivity index (χ2n) is 3.58. The number of halogens is 2. The predicted octanol–water partition coefficient (Wildman–Crippen LogP) is 3.72. The van der Waals surface area contributed by atoms with Crippen molar-refractivity contribution in [2.24, 2.45) is 0 Å². The first-order valence-corrected chi connectivity index (χ1v) is 5.32. The largest absolute Gasteiger partial charge is 0.243 e. The van der Waals surface area contributed by atoms with Crippen molar-refractivity contribution in [3.05, 3.63) is 52.6 Å². The molecule has 4 heteroatoms. The lowest BCUT2D eigenvalue weighted by atomic mass is 10.0. The van der Waals surface area contributed by atoms with Crippen LogP contribution in [0.3, 0.4) is 0 Å². The van der Waals surface area contributed by atoms with Gasteiger partial charge in [0.05, 0.1) is 5.02 Å². The number of aromatic nitrogens is 1. The van der Waals surface area contributed by atoms with E-state index in [1.54, 1.807) is 19.1 Å². The average Bonchev–Trinajstić information content (AvgIpc) is 2.32. The van der Waals surface area contributed by atoms with Crippen molar-refractivity contribution in [3.8, 4) is 17.2 Å². The third kappa shape index (κ3) is 2.13. The minimum absolute atomic E-state index is 0.185. The fourth-order valence-corrected chi connectivity index (χ4v) is 1.80. The predicted molar refractivity (Wildman–Crippen MR) is 64.1 cm³/mol. The van der Waals surface area contributed by atoms with Crippen molar-refractivity contribution in [1.29, 1.82) is 5.26 Å². The normalized spacial score (nSPS) is 10.0. The van der Waals surface area contributed by atoms with E-state index < -0.39 is 0 Å². The number of pyridine rings is 1. The summed E-state index contributed by atoms with van der Waals surface area (Å²) in [5, 5.41) is 9.11. The van der Waals surface area contributed by atoms with Gasteiger partial charge in [-0.15, -0.1) is 0 Å². The molecule has 0 aliphatic rings. The molecule has 0 aliphatic heterocycles. The van der Waals surface area contributed by atoms with Crippen molar-refractivity contribution in [2.75, 3.05) is 0 Å². The number of hydrogen-bond donors (Lipinski definition) is 0. The van der Waals surface area contributed by atoms with E-state index in [0.29, 0.717) is 10.6 Å². The molecule has 1 heterocycles. The maximum absolute atomic E-state index is 13.1. The quantitative estimate of drug-likeness (QED) is 0.769. The second kappa shape index (κ2) is 4.52. The molecule has 0 amide bonds. The smallest absolute Gasteiger partial charge is 0.159 e. The zero-order valence-corrected chi connectivity index (χ0v) is 9.79. The van der Waals surface area contributed by atoms with Gasteiger partial charge in [0.2, 0.25) is 0 Å². The summed E-state index contributed by atoms with van der Waals surface area (Å²) in [6.45, 7) is 1.78. The molecule has 0 atom stereocenters. The summed E-state index contributed by atoms with van der Waals surface area (Å²) in [6, 6.07) is 8.09. The number of nitrogens with zero attached hydrogens (tertiary/aromatic N) is 2. The van der Waals surface area contributed by atoms with Crippen LogP contribution in [0, 0.1) is 24.1 Å². The van der Waals surface area contributed by atoms with Crippen molar-refractivity contribution in [2.45, 2.75) is 6.92 Å². The molecule has 0 aliphatic carbocycles. The van der Waals surface area contributed by atoms with Gasteiger partial charge in [0.15, 0.2) is 5.69 Å². The van der Waals surface area contributed by atoms with Gasteiger partial charge in [0.1, 0.15) is 11.9 Å². The summed E-state index contributed by atoms with van der Waals surface area (Å²) >= 11 is 6.01. The fraction of sp³-hybridized carbons (Fsp3) is 0.0769. The van der Waals surface area contributed by atoms with Crippen LogP contribution in [0.5, 0.6) is 0 Å². The highest BCUT2D eigenvalue weighted by molar-refractivity contribution is 6.32. The Morgan fingerprint density at radius 3 is 2.82 bits per heavy atom. The van der Waals surface area contributed by atoms with Gasteiger partial charge in [0, 0.05) is 11.8 Å². The van der Waals surface area contributed by atoms with Gasteiger partial charge in [-0.2, -0.15) is 5.26 Å². The summed E-state index contributed by atoms with van der Waals surface area (Å²) in [6.07, 6.45) is 1.54. The van der Waals surface area contributed by atoms with Gasteiger partial charge in [-0.05, 0) is 30.2 Å². The lowest BCUT2D eigenvalue weighted by molar-refractivity contribution is 0.628. The highest BCUT2D eigenvalue weighted by Crippen LogP contribution is 2.29. The van der Waals surface area contributed by atoms with E-state index in [1.807, 2.05) is 6.07 Å². The third-order valence-corrected chi connectivity index (χ3v) is 2.97. The summed E-state index contributed by atoms with van der Waals surface area (Å²) in [5.41, 5.74) is 2.34. The number of rotatable bonds is 1. The van der Waals surface area contributed by atoms with Gasteiger partial charge in [-0.1, -0.05) is 23.7 Å². The second-order valence-corrected chi connectivity index (χ2v) is 3.96. The first kappa shape index (κ1) is 11.6. The maximum Gasteiger partial charge on any atom is 0.159 e. The lowest BCUT2D eigenvalue weighted by Crippen LogP contribution is -1.92. The maximum atomic E-state index is 13.1. The van der Waals surface area contributed by atoms with Crippen LogP contribution in [0.25, 0.3) is 11.1 Å². The van der Waals surface area contributed by atoms with E-state index in [0.717, 1.165) is 11.1 Å². The molecule has 0 radical (unpaired) electrons. The van der Waals surface area contributed by atoms with E-state index in [-0.39, 0.29) is 11.5 Å². The average molecular weight is 247 g/mol. The van der Waals surface area contributed by atoms with Crippen LogP contribution >= 0.6 is 11.6 Å². The van der Waals surface area contributed by atoms with Crippen molar-refractivity contribution < 1.29 is 4.39 Å². The van der Waals surface area contributed by atoms with E-state index in [2.05, 4.69) is 4.98 Å². The molecule has 2 nitrogen and oxygen atoms in total. The molecule has 0 saturated heterocycles. The molecule has 2 rings (SSSR count). The van der Waals surface area contributed by atoms with Crippen LogP contribution in [-0.4, -0.2) is 4.98 Å². The molecule has 0 N–H and O–H groups in total. The monoisotopic (exact) mass is 246 g/mol. The molecule has 0 saturated carbocycles. The SMILES string of the molecule is Cc1c(-c2cccc(F)c2)cnc(C#N)c1Cl. The Morgan fingerprint density at radius 1 is 1.41 bits per heavy atom. The standard InChI is InChI=1S/C13H8ClFN2/c1-8-11(7-17-12(6-16)13(8)14)9-3-2-4-10(15)5-9/h2-5,7H,1H3. The Labute approximate surface area is 103 Å². The van der Waals surface area contributed by atoms with E-state index in [9.17, 15) is 4.39 Å². The van der Waals surface area contributed by atoms with Crippen LogP contribution in [0.1, 0.15) is 11.3 Å². The summed E-state index contributed by atoms with van der Waals surface area (Å²) in [7, 11) is 0. The molecule has 1 aromatic carbocycles. The molecule has 2 aromatic rings. The lowest BCUT2D eigenvalue weighted by Gasteiger charge is -2.08. The van der Waals surface area contributed by atoms with Gasteiger partial charge >= 0.3 is 0 Å². The fourth-order valence-electron chi connectivity index (χ4n) is 1.60. The number of nitriles is 1. The van der Waals surface area contributed by atoms with E-state index in [1.165, 1.54) is 18.3 Å². The summed E-state index contributed by atoms with van der Waals surface area (Å²) in [4.78, 5) is 3.95. The van der Waals surface area contributed by atoms with Crippen LogP contribution in [0.2, 0.25) is 5.02 Å². The highest BCUT2D eigenvalue weighted by Gasteiger charge is 2.10. The van der Waals surface area contributed by atoms with E-state index >= 15 is 0 Å². The Kier molecular flexibility index (Phi) is 3.08. The van der Waals surface area contributed by atoms with Crippen molar-refractivity contribution in [1.82, 2.24) is 4.98 Å². The van der Waals surface area contributed by atoms with Crippen molar-refractivity contribution >= 4 is 11.6 Å². The number of benzene rings is 1. The summed E-state index contributed by atoms with van der Waals surface area (Å²) in [5.74, 6) is -0.317. The molecule has 1 aromatic heterocycles. The molecule has 84 valence electrons. The molecular formula is C13H8ClFN2. The first-order valence-electron chi connectivity index (χ1n) is 4.94. The van der Waals surface area contributed by atoms with Crippen molar-refractivity contribution in [3.63, 3.8) is 0 Å². The Morgan fingerprint density at radius 2 is 2.18 bits per heavy atom. The van der Waals surface area contributed by atoms with Gasteiger partial charge in [-0.3, -0.25) is 0 Å². The zero-order valence-electron chi connectivity index (χ0n) is 9.04. The Hall–Kier alpha value is -1.92. The minimum Gasteiger partial charge on any atom is -0.243 e. The van der Waals surface area contributed by atoms with Crippen LogP contribution in [-0.2, 0) is 0 Å². The third-order valence-electron chi connectivity index (χ3n) is 2.51. The topological polar surface area (TPSA) is 36.7 Å². The molecule has 0 bridgehead atoms. The van der Waals surface area contributed by atoms with Crippen LogP contribution in [0.15, 0.2) is 30.5 Å². The van der Waals surface area contributed by atoms with Gasteiger partial charge < -0.3 is 0 Å². The van der Waals surface area contributed by atoms with Crippen LogP contribution < -0.4 is 0 Å². The molecule has 0 fully saturated rings. The highest BCUT2D eigenvalue weighted by atomic mass is 35.5. The molecule has 0 unspecified atom stereocenters. The molecule has 17 heavy (non-hydrogen) atoms. The Bertz CT molecular complexity index is 617. The Balaban J connectivity index is 2.62. The van der Waals surface area contributed by atoms with Gasteiger partial charge in [0.25, 0.3) is 0 Å². The molecule has 0 spiro atoms. The summed E-state index contributed by atoms with van der Waals surface area (Å²) < 4.78 is 13.1. The minimum atomic E-state index is -0.317. The number of hydrogen-bond acceptors (Lipinski definition) is 2.